The minimum absolute atomic E-state index is 0.0207. The van der Waals surface area contributed by atoms with Crippen LogP contribution in [0.15, 0.2) is 82.7 Å². The lowest BCUT2D eigenvalue weighted by Gasteiger charge is -2.27. The average molecular weight is 557 g/mol. The third-order valence-electron chi connectivity index (χ3n) is 7.03. The van der Waals surface area contributed by atoms with Gasteiger partial charge in [0.25, 0.3) is 5.91 Å². The normalized spacial score (nSPS) is 15.2. The molecule has 0 spiro atoms. The van der Waals surface area contributed by atoms with Crippen LogP contribution in [0.25, 0.3) is 11.0 Å². The maximum atomic E-state index is 14.0. The molecule has 1 aliphatic rings. The zero-order valence-corrected chi connectivity index (χ0v) is 23.4. The summed E-state index contributed by atoms with van der Waals surface area (Å²) < 4.78 is 22.9. The first-order chi connectivity index (χ1) is 19.8. The van der Waals surface area contributed by atoms with Crippen molar-refractivity contribution in [1.82, 2.24) is 9.88 Å². The molecule has 4 aromatic rings. The summed E-state index contributed by atoms with van der Waals surface area (Å²) in [4.78, 5) is 33.0. The molecule has 41 heavy (non-hydrogen) atoms. The Kier molecular flexibility index (Phi) is 7.96. The van der Waals surface area contributed by atoms with E-state index in [1.165, 1.54) is 19.1 Å². The number of pyridine rings is 1. The standard InChI is InChI=1S/C32H32N2O7/c1-19(2)12-14-40-23-11-10-21(15-25(23)39-4)28-27(30(36)32(37)34(28)18-20-7-6-13-33-17-20)29(35)26-16-22-8-5-9-24(38-3)31(22)41-26/h5-11,13,15-17,19,28,36H,12,14,18H2,1-4H3. The SMILES string of the molecule is COc1cc(C2C(C(=O)c3cc4cccc(OC)c4o3)=C(O)C(=O)N2Cc2cccnc2)ccc1OCCC(C)C. The Hall–Kier alpha value is -4.79. The van der Waals surface area contributed by atoms with Crippen molar-refractivity contribution >= 4 is 22.7 Å². The van der Waals surface area contributed by atoms with E-state index >= 15 is 0 Å². The van der Waals surface area contributed by atoms with Crippen LogP contribution in [0.1, 0.15) is 48.0 Å². The highest BCUT2D eigenvalue weighted by Gasteiger charge is 2.45. The van der Waals surface area contributed by atoms with Crippen molar-refractivity contribution in [3.63, 3.8) is 0 Å². The molecule has 0 saturated heterocycles. The van der Waals surface area contributed by atoms with Gasteiger partial charge in [-0.3, -0.25) is 14.6 Å². The fourth-order valence-electron chi connectivity index (χ4n) is 4.90. The number of ether oxygens (including phenoxy) is 3. The number of hydrogen-bond donors (Lipinski definition) is 1. The number of para-hydroxylation sites is 1. The maximum absolute atomic E-state index is 14.0. The molecule has 0 bridgehead atoms. The maximum Gasteiger partial charge on any atom is 0.290 e. The molecule has 2 aromatic heterocycles. The van der Waals surface area contributed by atoms with Crippen LogP contribution in [-0.4, -0.2) is 47.5 Å². The monoisotopic (exact) mass is 556 g/mol. The van der Waals surface area contributed by atoms with Crippen molar-refractivity contribution in [1.29, 1.82) is 0 Å². The average Bonchev–Trinajstić information content (AvgIpc) is 3.52. The summed E-state index contributed by atoms with van der Waals surface area (Å²) in [6.07, 6.45) is 4.15. The van der Waals surface area contributed by atoms with E-state index in [4.69, 9.17) is 18.6 Å². The van der Waals surface area contributed by atoms with E-state index in [-0.39, 0.29) is 17.9 Å². The van der Waals surface area contributed by atoms with Crippen LogP contribution < -0.4 is 14.2 Å². The van der Waals surface area contributed by atoms with Crippen LogP contribution in [0.2, 0.25) is 0 Å². The highest BCUT2D eigenvalue weighted by molar-refractivity contribution is 6.16. The number of methoxy groups -OCH3 is 2. The van der Waals surface area contributed by atoms with Crippen molar-refractivity contribution in [3.8, 4) is 17.2 Å². The number of ketones is 1. The summed E-state index contributed by atoms with van der Waals surface area (Å²) in [6.45, 7) is 4.86. The molecule has 1 atom stereocenters. The van der Waals surface area contributed by atoms with Gasteiger partial charge in [-0.25, -0.2) is 0 Å². The number of nitrogens with zero attached hydrogens (tertiary/aromatic N) is 2. The summed E-state index contributed by atoms with van der Waals surface area (Å²) >= 11 is 0. The van der Waals surface area contributed by atoms with E-state index in [1.807, 2.05) is 6.07 Å². The van der Waals surface area contributed by atoms with Gasteiger partial charge in [0.05, 0.1) is 32.4 Å². The summed E-state index contributed by atoms with van der Waals surface area (Å²) in [5, 5.41) is 11.8. The molecular weight excluding hydrogens is 524 g/mol. The summed E-state index contributed by atoms with van der Waals surface area (Å²) in [5.74, 6) is 0.00837. The van der Waals surface area contributed by atoms with Crippen molar-refractivity contribution in [2.45, 2.75) is 32.9 Å². The van der Waals surface area contributed by atoms with Crippen molar-refractivity contribution in [2.24, 2.45) is 5.92 Å². The predicted octanol–water partition coefficient (Wildman–Crippen LogP) is 6.05. The molecule has 0 saturated carbocycles. The topological polar surface area (TPSA) is 111 Å². The Morgan fingerprint density at radius 3 is 2.56 bits per heavy atom. The molecular formula is C32H32N2O7. The van der Waals surface area contributed by atoms with Gasteiger partial charge >= 0.3 is 0 Å². The Labute approximate surface area is 238 Å². The fourth-order valence-corrected chi connectivity index (χ4v) is 4.90. The van der Waals surface area contributed by atoms with Crippen molar-refractivity contribution < 1.29 is 33.3 Å². The second kappa shape index (κ2) is 11.8. The van der Waals surface area contributed by atoms with Gasteiger partial charge in [-0.2, -0.15) is 0 Å². The first-order valence-electron chi connectivity index (χ1n) is 13.4. The minimum atomic E-state index is -0.927. The largest absolute Gasteiger partial charge is 0.503 e. The molecule has 1 unspecified atom stereocenters. The number of furan rings is 1. The Morgan fingerprint density at radius 2 is 1.85 bits per heavy atom. The predicted molar refractivity (Wildman–Crippen MR) is 152 cm³/mol. The molecule has 0 fully saturated rings. The molecule has 0 radical (unpaired) electrons. The van der Waals surface area contributed by atoms with E-state index in [0.29, 0.717) is 46.3 Å². The quantitative estimate of drug-likeness (QED) is 0.222. The van der Waals surface area contributed by atoms with Gasteiger partial charge in [0, 0.05) is 24.3 Å². The number of aromatic nitrogens is 1. The Bertz CT molecular complexity index is 1610. The van der Waals surface area contributed by atoms with Gasteiger partial charge in [-0.05, 0) is 53.8 Å². The lowest BCUT2D eigenvalue weighted by atomic mass is 9.94. The number of Topliss-reactive ketones (excluding diaryl/α,β-unsaturated/α-hetero) is 1. The lowest BCUT2D eigenvalue weighted by molar-refractivity contribution is -0.130. The summed E-state index contributed by atoms with van der Waals surface area (Å²) in [6, 6.07) is 14.8. The number of aliphatic hydroxyl groups is 1. The second-order valence-electron chi connectivity index (χ2n) is 10.2. The number of benzene rings is 2. The van der Waals surface area contributed by atoms with Crippen LogP contribution in [-0.2, 0) is 11.3 Å². The van der Waals surface area contributed by atoms with E-state index in [9.17, 15) is 14.7 Å². The lowest BCUT2D eigenvalue weighted by Crippen LogP contribution is -2.30. The van der Waals surface area contributed by atoms with Crippen molar-refractivity contribution in [2.75, 3.05) is 20.8 Å². The minimum Gasteiger partial charge on any atom is -0.503 e. The molecule has 212 valence electrons. The molecule has 3 heterocycles. The smallest absolute Gasteiger partial charge is 0.290 e. The van der Waals surface area contributed by atoms with Gasteiger partial charge in [0.1, 0.15) is 0 Å². The molecule has 0 aliphatic carbocycles. The molecule has 9 heteroatoms. The van der Waals surface area contributed by atoms with Gasteiger partial charge < -0.3 is 28.6 Å². The Morgan fingerprint density at radius 1 is 1.05 bits per heavy atom. The third kappa shape index (κ3) is 5.48. The molecule has 1 aliphatic heterocycles. The van der Waals surface area contributed by atoms with E-state index < -0.39 is 23.5 Å². The summed E-state index contributed by atoms with van der Waals surface area (Å²) in [7, 11) is 3.04. The fraction of sp³-hybridized carbons (Fsp3) is 0.281. The van der Waals surface area contributed by atoms with Crippen LogP contribution >= 0.6 is 0 Å². The zero-order valence-electron chi connectivity index (χ0n) is 23.4. The van der Waals surface area contributed by atoms with Crippen LogP contribution in [0.4, 0.5) is 0 Å². The summed E-state index contributed by atoms with van der Waals surface area (Å²) in [5.41, 5.74) is 1.61. The van der Waals surface area contributed by atoms with Gasteiger partial charge in [-0.15, -0.1) is 0 Å². The highest BCUT2D eigenvalue weighted by Crippen LogP contribution is 2.43. The number of aliphatic hydroxyl groups excluding tert-OH is 1. The molecule has 2 aromatic carbocycles. The number of carbonyl (C=O) groups excluding carboxylic acids is 2. The third-order valence-corrected chi connectivity index (χ3v) is 7.03. The Balaban J connectivity index is 1.57. The van der Waals surface area contributed by atoms with Gasteiger partial charge in [0.2, 0.25) is 5.78 Å². The molecule has 5 rings (SSSR count). The first kappa shape index (κ1) is 27.8. The van der Waals surface area contributed by atoms with E-state index in [2.05, 4.69) is 18.8 Å². The molecule has 1 N–H and O–H groups in total. The number of hydrogen-bond acceptors (Lipinski definition) is 8. The molecule has 9 nitrogen and oxygen atoms in total. The van der Waals surface area contributed by atoms with Crippen LogP contribution in [0.5, 0.6) is 17.2 Å². The van der Waals surface area contributed by atoms with Crippen LogP contribution in [0, 0.1) is 5.92 Å². The second-order valence-corrected chi connectivity index (χ2v) is 10.2. The zero-order chi connectivity index (χ0) is 29.1. The van der Waals surface area contributed by atoms with Crippen LogP contribution in [0.3, 0.4) is 0 Å². The number of fused-ring (bicyclic) bond motifs is 1. The first-order valence-corrected chi connectivity index (χ1v) is 13.4. The number of carbonyl (C=O) groups is 2. The van der Waals surface area contributed by atoms with Gasteiger partial charge in [-0.1, -0.05) is 38.1 Å². The number of amides is 1. The van der Waals surface area contributed by atoms with E-state index in [0.717, 1.165) is 12.0 Å². The molecule has 1 amide bonds. The van der Waals surface area contributed by atoms with Gasteiger partial charge in [0.15, 0.2) is 34.4 Å². The van der Waals surface area contributed by atoms with E-state index in [1.54, 1.807) is 60.9 Å². The van der Waals surface area contributed by atoms with Crippen molar-refractivity contribution in [3.05, 3.63) is 95.2 Å². The number of rotatable bonds is 11. The highest BCUT2D eigenvalue weighted by atomic mass is 16.5.